The summed E-state index contributed by atoms with van der Waals surface area (Å²) in [5.74, 6) is -1.29. The van der Waals surface area contributed by atoms with Gasteiger partial charge in [0, 0.05) is 13.7 Å². The van der Waals surface area contributed by atoms with Crippen molar-refractivity contribution >= 4 is 11.9 Å². The third-order valence-corrected chi connectivity index (χ3v) is 2.82. The Labute approximate surface area is 124 Å². The van der Waals surface area contributed by atoms with Crippen molar-refractivity contribution in [3.05, 3.63) is 35.9 Å². The quantitative estimate of drug-likeness (QED) is 0.655. The Hall–Kier alpha value is -1.92. The maximum Gasteiger partial charge on any atom is 0.323 e. The minimum Gasteiger partial charge on any atom is -0.480 e. The van der Waals surface area contributed by atoms with Gasteiger partial charge in [0.15, 0.2) is 0 Å². The molecule has 1 aromatic carbocycles. The Bertz CT molecular complexity index is 435. The van der Waals surface area contributed by atoms with Crippen LogP contribution in [0.3, 0.4) is 0 Å². The predicted octanol–water partition coefficient (Wildman–Crippen LogP) is 1.15. The topological polar surface area (TPSA) is 76.1 Å². The lowest BCUT2D eigenvalue weighted by Crippen LogP contribution is -2.38. The summed E-state index contributed by atoms with van der Waals surface area (Å²) in [6, 6.07) is 9.65. The minimum atomic E-state index is -1.04. The van der Waals surface area contributed by atoms with Gasteiger partial charge in [-0.2, -0.15) is 0 Å². The van der Waals surface area contributed by atoms with Crippen LogP contribution in [0.2, 0.25) is 0 Å². The van der Waals surface area contributed by atoms with Crippen LogP contribution in [0, 0.1) is 0 Å². The third-order valence-electron chi connectivity index (χ3n) is 2.82. The zero-order valence-corrected chi connectivity index (χ0v) is 12.2. The van der Waals surface area contributed by atoms with Crippen molar-refractivity contribution in [3.63, 3.8) is 0 Å². The summed E-state index contributed by atoms with van der Waals surface area (Å²) in [6.07, 6.45) is 0.157. The Morgan fingerprint density at radius 2 is 1.90 bits per heavy atom. The molecule has 0 saturated carbocycles. The standard InChI is InChI=1S/C15H21NO5/c1-20-10-8-16(11-15(18)19)14(17)7-9-21-12-13-5-3-2-4-6-13/h2-6H,7-12H2,1H3,(H,18,19). The lowest BCUT2D eigenvalue weighted by molar-refractivity contribution is -0.145. The lowest BCUT2D eigenvalue weighted by Gasteiger charge is -2.20. The normalized spacial score (nSPS) is 10.3. The van der Waals surface area contributed by atoms with Crippen LogP contribution < -0.4 is 0 Å². The van der Waals surface area contributed by atoms with Gasteiger partial charge in [0.1, 0.15) is 6.54 Å². The molecule has 0 aliphatic heterocycles. The first kappa shape index (κ1) is 17.1. The number of aliphatic carboxylic acids is 1. The van der Waals surface area contributed by atoms with E-state index >= 15 is 0 Å². The van der Waals surface area contributed by atoms with Gasteiger partial charge in [0.05, 0.1) is 26.2 Å². The number of benzene rings is 1. The molecule has 0 aliphatic carbocycles. The summed E-state index contributed by atoms with van der Waals surface area (Å²) in [6.45, 7) is 0.951. The molecule has 0 atom stereocenters. The SMILES string of the molecule is COCCN(CC(=O)O)C(=O)CCOCc1ccccc1. The number of methoxy groups -OCH3 is 1. The summed E-state index contributed by atoms with van der Waals surface area (Å²) in [5.41, 5.74) is 1.03. The van der Waals surface area contributed by atoms with Crippen molar-refractivity contribution in [2.75, 3.05) is 33.4 Å². The first-order valence-corrected chi connectivity index (χ1v) is 6.73. The van der Waals surface area contributed by atoms with Gasteiger partial charge >= 0.3 is 5.97 Å². The largest absolute Gasteiger partial charge is 0.480 e. The van der Waals surface area contributed by atoms with Crippen LogP contribution in [0.1, 0.15) is 12.0 Å². The van der Waals surface area contributed by atoms with E-state index in [-0.39, 0.29) is 32.0 Å². The number of hydrogen-bond donors (Lipinski definition) is 1. The fourth-order valence-electron chi connectivity index (χ4n) is 1.74. The number of ether oxygens (including phenoxy) is 2. The Morgan fingerprint density at radius 1 is 1.19 bits per heavy atom. The summed E-state index contributed by atoms with van der Waals surface area (Å²) < 4.78 is 10.3. The summed E-state index contributed by atoms with van der Waals surface area (Å²) in [5, 5.41) is 8.79. The molecule has 0 heterocycles. The molecule has 1 rings (SSSR count). The van der Waals surface area contributed by atoms with Gasteiger partial charge in [0.25, 0.3) is 0 Å². The maximum absolute atomic E-state index is 11.9. The average Bonchev–Trinajstić information content (AvgIpc) is 2.48. The molecule has 0 saturated heterocycles. The van der Waals surface area contributed by atoms with Crippen LogP contribution in [0.15, 0.2) is 30.3 Å². The van der Waals surface area contributed by atoms with E-state index in [1.165, 1.54) is 12.0 Å². The van der Waals surface area contributed by atoms with Crippen LogP contribution >= 0.6 is 0 Å². The van der Waals surface area contributed by atoms with E-state index < -0.39 is 5.97 Å². The molecule has 1 amide bonds. The van der Waals surface area contributed by atoms with Crippen molar-refractivity contribution in [3.8, 4) is 0 Å². The molecule has 0 fully saturated rings. The average molecular weight is 295 g/mol. The maximum atomic E-state index is 11.9. The molecule has 0 radical (unpaired) electrons. The first-order valence-electron chi connectivity index (χ1n) is 6.73. The molecule has 116 valence electrons. The van der Waals surface area contributed by atoms with E-state index in [2.05, 4.69) is 0 Å². The molecule has 1 N–H and O–H groups in total. The fraction of sp³-hybridized carbons (Fsp3) is 0.467. The van der Waals surface area contributed by atoms with E-state index in [0.717, 1.165) is 5.56 Å². The number of carbonyl (C=O) groups is 2. The van der Waals surface area contributed by atoms with Crippen molar-refractivity contribution in [2.24, 2.45) is 0 Å². The van der Waals surface area contributed by atoms with Gasteiger partial charge in [-0.15, -0.1) is 0 Å². The Morgan fingerprint density at radius 3 is 2.52 bits per heavy atom. The highest BCUT2D eigenvalue weighted by Gasteiger charge is 2.16. The van der Waals surface area contributed by atoms with E-state index in [9.17, 15) is 9.59 Å². The second-order valence-corrected chi connectivity index (χ2v) is 4.49. The zero-order chi connectivity index (χ0) is 15.5. The smallest absolute Gasteiger partial charge is 0.323 e. The number of carboxylic acid groups (broad SMARTS) is 1. The zero-order valence-electron chi connectivity index (χ0n) is 12.2. The molecule has 0 unspecified atom stereocenters. The number of nitrogens with zero attached hydrogens (tertiary/aromatic N) is 1. The molecule has 6 heteroatoms. The molecule has 1 aromatic rings. The van der Waals surface area contributed by atoms with Gasteiger partial charge in [-0.25, -0.2) is 0 Å². The molecule has 0 bridgehead atoms. The summed E-state index contributed by atoms with van der Waals surface area (Å²) >= 11 is 0. The van der Waals surface area contributed by atoms with Crippen LogP contribution in [-0.2, 0) is 25.7 Å². The summed E-state index contributed by atoms with van der Waals surface area (Å²) in [4.78, 5) is 23.9. The number of rotatable bonds is 10. The second-order valence-electron chi connectivity index (χ2n) is 4.49. The van der Waals surface area contributed by atoms with E-state index in [1.807, 2.05) is 30.3 Å². The number of carbonyl (C=O) groups excluding carboxylic acids is 1. The number of hydrogen-bond acceptors (Lipinski definition) is 4. The molecule has 0 aliphatic rings. The molecular formula is C15H21NO5. The van der Waals surface area contributed by atoms with E-state index in [4.69, 9.17) is 14.6 Å². The second kappa shape index (κ2) is 9.90. The fourth-order valence-corrected chi connectivity index (χ4v) is 1.74. The van der Waals surface area contributed by atoms with E-state index in [1.54, 1.807) is 0 Å². The first-order chi connectivity index (χ1) is 10.1. The highest BCUT2D eigenvalue weighted by Crippen LogP contribution is 2.02. The van der Waals surface area contributed by atoms with Crippen molar-refractivity contribution in [1.82, 2.24) is 4.90 Å². The summed E-state index contributed by atoms with van der Waals surface area (Å²) in [7, 11) is 1.51. The van der Waals surface area contributed by atoms with Crippen LogP contribution in [0.4, 0.5) is 0 Å². The molecule has 0 aromatic heterocycles. The predicted molar refractivity (Wildman–Crippen MR) is 76.8 cm³/mol. The van der Waals surface area contributed by atoms with Crippen molar-refractivity contribution in [2.45, 2.75) is 13.0 Å². The molecule has 21 heavy (non-hydrogen) atoms. The number of carboxylic acids is 1. The molecule has 6 nitrogen and oxygen atoms in total. The van der Waals surface area contributed by atoms with Crippen LogP contribution in [-0.4, -0.2) is 55.3 Å². The molecule has 0 spiro atoms. The Balaban J connectivity index is 2.30. The van der Waals surface area contributed by atoms with Crippen LogP contribution in [0.5, 0.6) is 0 Å². The van der Waals surface area contributed by atoms with Gasteiger partial charge in [-0.05, 0) is 5.56 Å². The Kier molecular flexibility index (Phi) is 8.08. The van der Waals surface area contributed by atoms with E-state index in [0.29, 0.717) is 13.2 Å². The van der Waals surface area contributed by atoms with Crippen LogP contribution in [0.25, 0.3) is 0 Å². The highest BCUT2D eigenvalue weighted by molar-refractivity contribution is 5.81. The highest BCUT2D eigenvalue weighted by atomic mass is 16.5. The van der Waals surface area contributed by atoms with Gasteiger partial charge < -0.3 is 19.5 Å². The van der Waals surface area contributed by atoms with Crippen molar-refractivity contribution < 1.29 is 24.2 Å². The van der Waals surface area contributed by atoms with Gasteiger partial charge in [0.2, 0.25) is 5.91 Å². The van der Waals surface area contributed by atoms with Gasteiger partial charge in [-0.1, -0.05) is 30.3 Å². The minimum absolute atomic E-state index is 0.157. The van der Waals surface area contributed by atoms with Crippen molar-refractivity contribution in [1.29, 1.82) is 0 Å². The third kappa shape index (κ3) is 7.43. The monoisotopic (exact) mass is 295 g/mol. The lowest BCUT2D eigenvalue weighted by atomic mass is 10.2. The molecular weight excluding hydrogens is 274 g/mol. The number of amides is 1. The van der Waals surface area contributed by atoms with Gasteiger partial charge in [-0.3, -0.25) is 9.59 Å².